The maximum Gasteiger partial charge on any atom is 0.418 e. The quantitative estimate of drug-likeness (QED) is 0.600. The number of aromatic nitrogens is 1. The first-order valence-electron chi connectivity index (χ1n) is 4.18. The fourth-order valence-electron chi connectivity index (χ4n) is 1.27. The van der Waals surface area contributed by atoms with E-state index < -0.39 is 41.7 Å². The summed E-state index contributed by atoms with van der Waals surface area (Å²) >= 11 is 0. The minimum Gasteiger partial charge on any atom is -0.227 e. The first kappa shape index (κ1) is 13.3. The van der Waals surface area contributed by atoms with Crippen LogP contribution in [0, 0.1) is 17.3 Å². The molecule has 8 heteroatoms. The lowest BCUT2D eigenvalue weighted by Gasteiger charge is -2.14. The molecule has 92 valence electrons. The van der Waals surface area contributed by atoms with Gasteiger partial charge in [0.25, 0.3) is 6.43 Å². The number of pyridine rings is 1. The smallest absolute Gasteiger partial charge is 0.227 e. The highest BCUT2D eigenvalue weighted by Gasteiger charge is 2.37. The van der Waals surface area contributed by atoms with E-state index in [1.807, 2.05) is 0 Å². The lowest BCUT2D eigenvalue weighted by molar-refractivity contribution is -0.138. The van der Waals surface area contributed by atoms with Crippen LogP contribution in [-0.2, 0) is 12.6 Å². The number of hydrogen-bond donors (Lipinski definition) is 0. The van der Waals surface area contributed by atoms with Crippen molar-refractivity contribution in [2.24, 2.45) is 0 Å². The molecule has 0 aliphatic heterocycles. The highest BCUT2D eigenvalue weighted by Crippen LogP contribution is 2.36. The molecule has 0 radical (unpaired) electrons. The van der Waals surface area contributed by atoms with Gasteiger partial charge in [0, 0.05) is 6.20 Å². The van der Waals surface area contributed by atoms with Crippen molar-refractivity contribution >= 4 is 0 Å². The molecule has 2 nitrogen and oxygen atoms in total. The Morgan fingerprint density at radius 1 is 1.35 bits per heavy atom. The van der Waals surface area contributed by atoms with Crippen LogP contribution in [0.1, 0.15) is 23.1 Å². The van der Waals surface area contributed by atoms with Gasteiger partial charge in [-0.2, -0.15) is 22.8 Å². The Morgan fingerprint density at radius 3 is 2.35 bits per heavy atom. The van der Waals surface area contributed by atoms with Crippen molar-refractivity contribution in [2.45, 2.75) is 19.0 Å². The average molecular weight is 254 g/mol. The Balaban J connectivity index is 3.54. The van der Waals surface area contributed by atoms with Crippen molar-refractivity contribution in [1.82, 2.24) is 4.98 Å². The van der Waals surface area contributed by atoms with Gasteiger partial charge in [0.15, 0.2) is 0 Å². The van der Waals surface area contributed by atoms with E-state index >= 15 is 0 Å². The van der Waals surface area contributed by atoms with Gasteiger partial charge in [0.1, 0.15) is 0 Å². The molecule has 1 aromatic rings. The van der Waals surface area contributed by atoms with E-state index in [1.54, 1.807) is 0 Å². The molecule has 0 amide bonds. The Labute approximate surface area is 91.5 Å². The van der Waals surface area contributed by atoms with Crippen molar-refractivity contribution in [3.8, 4) is 6.07 Å². The van der Waals surface area contributed by atoms with Gasteiger partial charge >= 0.3 is 6.18 Å². The molecule has 1 heterocycles. The third-order valence-corrected chi connectivity index (χ3v) is 1.96. The summed E-state index contributed by atoms with van der Waals surface area (Å²) in [5, 5.41) is 8.30. The number of halogens is 6. The normalized spacial score (nSPS) is 11.6. The van der Waals surface area contributed by atoms with Crippen molar-refractivity contribution in [1.29, 1.82) is 5.26 Å². The number of alkyl halides is 5. The number of nitriles is 1. The van der Waals surface area contributed by atoms with Gasteiger partial charge in [-0.05, 0) is 5.56 Å². The van der Waals surface area contributed by atoms with Gasteiger partial charge in [0.2, 0.25) is 5.95 Å². The first-order chi connectivity index (χ1) is 7.79. The van der Waals surface area contributed by atoms with E-state index in [4.69, 9.17) is 5.26 Å². The van der Waals surface area contributed by atoms with Crippen molar-refractivity contribution < 1.29 is 26.3 Å². The van der Waals surface area contributed by atoms with E-state index in [0.29, 0.717) is 0 Å². The average Bonchev–Trinajstić information content (AvgIpc) is 2.15. The fraction of sp³-hybridized carbons (Fsp3) is 0.333. The van der Waals surface area contributed by atoms with E-state index in [2.05, 4.69) is 4.98 Å². The molecule has 0 aliphatic rings. The summed E-state index contributed by atoms with van der Waals surface area (Å²) < 4.78 is 75.1. The van der Waals surface area contributed by atoms with Crippen molar-refractivity contribution in [3.05, 3.63) is 28.8 Å². The van der Waals surface area contributed by atoms with Gasteiger partial charge in [-0.15, -0.1) is 0 Å². The third kappa shape index (κ3) is 2.67. The predicted octanol–water partition coefficient (Wildman–Crippen LogP) is 3.24. The Hall–Kier alpha value is -1.78. The molecule has 0 aliphatic carbocycles. The second kappa shape index (κ2) is 4.61. The van der Waals surface area contributed by atoms with E-state index in [0.717, 1.165) is 0 Å². The number of nitrogens with zero attached hydrogens (tertiary/aromatic N) is 2. The molecule has 0 saturated heterocycles. The molecule has 0 spiro atoms. The first-order valence-corrected chi connectivity index (χ1v) is 4.18. The zero-order valence-corrected chi connectivity index (χ0v) is 8.02. The molecule has 0 saturated carbocycles. The van der Waals surface area contributed by atoms with Crippen LogP contribution in [0.15, 0.2) is 6.20 Å². The van der Waals surface area contributed by atoms with E-state index in [1.165, 1.54) is 6.07 Å². The summed E-state index contributed by atoms with van der Waals surface area (Å²) in [6.07, 6.45) is -9.29. The molecule has 0 fully saturated rings. The van der Waals surface area contributed by atoms with Gasteiger partial charge in [0.05, 0.1) is 23.6 Å². The molecule has 17 heavy (non-hydrogen) atoms. The van der Waals surface area contributed by atoms with Gasteiger partial charge in [-0.25, -0.2) is 13.8 Å². The van der Waals surface area contributed by atoms with E-state index in [9.17, 15) is 26.3 Å². The topological polar surface area (TPSA) is 36.7 Å². The van der Waals surface area contributed by atoms with Crippen LogP contribution in [0.5, 0.6) is 0 Å². The molecule has 0 unspecified atom stereocenters. The van der Waals surface area contributed by atoms with Gasteiger partial charge in [-0.3, -0.25) is 0 Å². The molecular weight excluding hydrogens is 250 g/mol. The second-order valence-electron chi connectivity index (χ2n) is 2.99. The second-order valence-corrected chi connectivity index (χ2v) is 2.99. The molecule has 0 aromatic carbocycles. The molecule has 0 bridgehead atoms. The zero-order valence-electron chi connectivity index (χ0n) is 8.02. The van der Waals surface area contributed by atoms with Gasteiger partial charge in [-0.1, -0.05) is 0 Å². The molecule has 1 rings (SSSR count). The maximum absolute atomic E-state index is 12.9. The number of rotatable bonds is 2. The van der Waals surface area contributed by atoms with Crippen molar-refractivity contribution in [2.75, 3.05) is 0 Å². The van der Waals surface area contributed by atoms with Crippen LogP contribution in [0.3, 0.4) is 0 Å². The summed E-state index contributed by atoms with van der Waals surface area (Å²) in [6.45, 7) is 0. The Bertz CT molecular complexity index is 460. The molecular formula is C9H4F6N2. The SMILES string of the molecule is N#CCc1c(C(F)(F)F)cnc(F)c1C(F)F. The summed E-state index contributed by atoms with van der Waals surface area (Å²) in [6, 6.07) is 1.29. The predicted molar refractivity (Wildman–Crippen MR) is 43.5 cm³/mol. The van der Waals surface area contributed by atoms with Crippen LogP contribution < -0.4 is 0 Å². The zero-order chi connectivity index (χ0) is 13.2. The minimum absolute atomic E-state index is 0.105. The Kier molecular flexibility index (Phi) is 3.60. The van der Waals surface area contributed by atoms with Crippen LogP contribution in [0.4, 0.5) is 26.3 Å². The highest BCUT2D eigenvalue weighted by atomic mass is 19.4. The lowest BCUT2D eigenvalue weighted by Crippen LogP contribution is -2.14. The van der Waals surface area contributed by atoms with Crippen LogP contribution in [-0.4, -0.2) is 4.98 Å². The standard InChI is InChI=1S/C9H4F6N2/c10-7(11)6-4(1-2-16)5(9(13,14)15)3-17-8(6)12/h3,7H,1H2. The number of hydrogen-bond acceptors (Lipinski definition) is 2. The van der Waals surface area contributed by atoms with E-state index in [-0.39, 0.29) is 6.20 Å². The van der Waals surface area contributed by atoms with Crippen LogP contribution >= 0.6 is 0 Å². The Morgan fingerprint density at radius 2 is 1.94 bits per heavy atom. The monoisotopic (exact) mass is 254 g/mol. The van der Waals surface area contributed by atoms with Crippen LogP contribution in [0.25, 0.3) is 0 Å². The molecule has 1 aromatic heterocycles. The molecule has 0 N–H and O–H groups in total. The molecule has 0 atom stereocenters. The largest absolute Gasteiger partial charge is 0.418 e. The summed E-state index contributed by atoms with van der Waals surface area (Å²) in [5.41, 5.74) is -4.06. The van der Waals surface area contributed by atoms with Crippen molar-refractivity contribution in [3.63, 3.8) is 0 Å². The third-order valence-electron chi connectivity index (χ3n) is 1.96. The highest BCUT2D eigenvalue weighted by molar-refractivity contribution is 5.37. The fourth-order valence-corrected chi connectivity index (χ4v) is 1.27. The summed E-state index contributed by atoms with van der Waals surface area (Å²) in [5.74, 6) is -1.70. The summed E-state index contributed by atoms with van der Waals surface area (Å²) in [7, 11) is 0. The summed E-state index contributed by atoms with van der Waals surface area (Å²) in [4.78, 5) is 2.63. The lowest BCUT2D eigenvalue weighted by atomic mass is 10.0. The van der Waals surface area contributed by atoms with Crippen LogP contribution in [0.2, 0.25) is 0 Å². The minimum atomic E-state index is -4.96. The maximum atomic E-state index is 12.9. The van der Waals surface area contributed by atoms with Gasteiger partial charge < -0.3 is 0 Å².